The van der Waals surface area contributed by atoms with E-state index < -0.39 is 5.97 Å². The number of carboxylic acid groups (broad SMARTS) is 1. The SMILES string of the molecule is O=C(O)c1ccc(NC(=O)C2CC2C2CC2)cc1Cl. The molecular formula is C14H14ClNO3. The van der Waals surface area contributed by atoms with Crippen molar-refractivity contribution in [3.63, 3.8) is 0 Å². The summed E-state index contributed by atoms with van der Waals surface area (Å²) in [5, 5.41) is 11.8. The lowest BCUT2D eigenvalue weighted by molar-refractivity contribution is -0.117. The molecule has 5 heteroatoms. The molecule has 1 aromatic rings. The molecule has 2 N–H and O–H groups in total. The molecule has 2 unspecified atom stereocenters. The van der Waals surface area contributed by atoms with Gasteiger partial charge in [0.25, 0.3) is 0 Å². The lowest BCUT2D eigenvalue weighted by Gasteiger charge is -2.06. The van der Waals surface area contributed by atoms with E-state index in [0.717, 1.165) is 12.3 Å². The van der Waals surface area contributed by atoms with Gasteiger partial charge in [-0.2, -0.15) is 0 Å². The van der Waals surface area contributed by atoms with Crippen molar-refractivity contribution in [3.8, 4) is 0 Å². The Bertz CT molecular complexity index is 554. The largest absolute Gasteiger partial charge is 0.478 e. The fourth-order valence-electron chi connectivity index (χ4n) is 2.56. The van der Waals surface area contributed by atoms with Gasteiger partial charge in [-0.05, 0) is 49.3 Å². The first-order chi connectivity index (χ1) is 9.06. The summed E-state index contributed by atoms with van der Waals surface area (Å²) in [6, 6.07) is 4.46. The zero-order valence-electron chi connectivity index (χ0n) is 10.2. The maximum Gasteiger partial charge on any atom is 0.337 e. The van der Waals surface area contributed by atoms with E-state index in [9.17, 15) is 9.59 Å². The van der Waals surface area contributed by atoms with Gasteiger partial charge in [0.15, 0.2) is 0 Å². The highest BCUT2D eigenvalue weighted by Crippen LogP contribution is 2.54. The van der Waals surface area contributed by atoms with E-state index in [2.05, 4.69) is 5.32 Å². The Balaban J connectivity index is 1.65. The topological polar surface area (TPSA) is 66.4 Å². The van der Waals surface area contributed by atoms with Gasteiger partial charge in [-0.1, -0.05) is 11.6 Å². The van der Waals surface area contributed by atoms with E-state index in [1.165, 1.54) is 25.0 Å². The van der Waals surface area contributed by atoms with Crippen LogP contribution in [0.5, 0.6) is 0 Å². The standard InChI is InChI=1S/C14H14ClNO3/c15-12-5-8(3-4-9(12)14(18)19)16-13(17)11-6-10(11)7-1-2-7/h3-5,7,10-11H,1-2,6H2,(H,16,17)(H,18,19). The first-order valence-electron chi connectivity index (χ1n) is 6.40. The van der Waals surface area contributed by atoms with E-state index in [4.69, 9.17) is 16.7 Å². The number of nitrogens with one attached hydrogen (secondary N) is 1. The molecule has 2 aliphatic rings. The third-order valence-corrected chi connectivity index (χ3v) is 4.18. The number of aromatic carboxylic acids is 1. The van der Waals surface area contributed by atoms with Gasteiger partial charge in [0.2, 0.25) is 5.91 Å². The second kappa shape index (κ2) is 4.53. The van der Waals surface area contributed by atoms with Gasteiger partial charge in [0.1, 0.15) is 0 Å². The summed E-state index contributed by atoms with van der Waals surface area (Å²) < 4.78 is 0. The molecule has 0 radical (unpaired) electrons. The highest BCUT2D eigenvalue weighted by Gasteiger charge is 2.51. The average Bonchev–Trinajstić information content (AvgIpc) is 3.20. The van der Waals surface area contributed by atoms with Gasteiger partial charge in [-0.15, -0.1) is 0 Å². The molecule has 0 aliphatic heterocycles. The number of hydrogen-bond acceptors (Lipinski definition) is 2. The van der Waals surface area contributed by atoms with Crippen molar-refractivity contribution in [1.29, 1.82) is 0 Å². The van der Waals surface area contributed by atoms with Crippen molar-refractivity contribution in [1.82, 2.24) is 0 Å². The van der Waals surface area contributed by atoms with Gasteiger partial charge in [0, 0.05) is 11.6 Å². The van der Waals surface area contributed by atoms with E-state index >= 15 is 0 Å². The quantitative estimate of drug-likeness (QED) is 0.890. The van der Waals surface area contributed by atoms with Crippen molar-refractivity contribution < 1.29 is 14.7 Å². The van der Waals surface area contributed by atoms with Crippen molar-refractivity contribution in [2.24, 2.45) is 17.8 Å². The summed E-state index contributed by atoms with van der Waals surface area (Å²) in [5.74, 6) is 0.405. The molecule has 19 heavy (non-hydrogen) atoms. The number of carboxylic acids is 1. The van der Waals surface area contributed by atoms with Crippen LogP contribution in [0, 0.1) is 17.8 Å². The molecule has 0 heterocycles. The summed E-state index contributed by atoms with van der Waals surface area (Å²) in [4.78, 5) is 22.8. The molecule has 0 aromatic heterocycles. The zero-order valence-corrected chi connectivity index (χ0v) is 11.0. The fraction of sp³-hybridized carbons (Fsp3) is 0.429. The number of halogens is 1. The Kier molecular flexibility index (Phi) is 2.97. The van der Waals surface area contributed by atoms with Gasteiger partial charge in [0.05, 0.1) is 10.6 Å². The molecule has 1 aromatic carbocycles. The van der Waals surface area contributed by atoms with Gasteiger partial charge < -0.3 is 10.4 Å². The fourth-order valence-corrected chi connectivity index (χ4v) is 2.82. The molecule has 0 saturated heterocycles. The molecule has 0 spiro atoms. The summed E-state index contributed by atoms with van der Waals surface area (Å²) in [6.45, 7) is 0. The molecule has 1 amide bonds. The van der Waals surface area contributed by atoms with Crippen molar-refractivity contribution in [2.45, 2.75) is 19.3 Å². The lowest BCUT2D eigenvalue weighted by Crippen LogP contribution is -2.15. The van der Waals surface area contributed by atoms with Crippen LogP contribution in [0.15, 0.2) is 18.2 Å². The number of benzene rings is 1. The predicted molar refractivity (Wildman–Crippen MR) is 71.4 cm³/mol. The number of amides is 1. The van der Waals surface area contributed by atoms with E-state index in [0.29, 0.717) is 11.6 Å². The summed E-state index contributed by atoms with van der Waals surface area (Å²) in [6.07, 6.45) is 3.50. The van der Waals surface area contributed by atoms with Crippen LogP contribution in [-0.2, 0) is 4.79 Å². The minimum atomic E-state index is -1.07. The van der Waals surface area contributed by atoms with Gasteiger partial charge in [-0.25, -0.2) is 4.79 Å². The summed E-state index contributed by atoms with van der Waals surface area (Å²) >= 11 is 5.86. The van der Waals surface area contributed by atoms with Crippen LogP contribution in [0.4, 0.5) is 5.69 Å². The Morgan fingerprint density at radius 2 is 2.05 bits per heavy atom. The molecule has 0 bridgehead atoms. The van der Waals surface area contributed by atoms with Gasteiger partial charge in [-0.3, -0.25) is 4.79 Å². The van der Waals surface area contributed by atoms with E-state index in [1.807, 2.05) is 0 Å². The maximum atomic E-state index is 12.0. The third-order valence-electron chi connectivity index (χ3n) is 3.87. The maximum absolute atomic E-state index is 12.0. The van der Waals surface area contributed by atoms with Crippen LogP contribution < -0.4 is 5.32 Å². The number of rotatable bonds is 4. The number of carbonyl (C=O) groups is 2. The summed E-state index contributed by atoms with van der Waals surface area (Å²) in [5.41, 5.74) is 0.600. The van der Waals surface area contributed by atoms with Crippen LogP contribution in [0.3, 0.4) is 0 Å². The summed E-state index contributed by atoms with van der Waals surface area (Å²) in [7, 11) is 0. The smallest absolute Gasteiger partial charge is 0.337 e. The highest BCUT2D eigenvalue weighted by atomic mass is 35.5. The molecule has 100 valence electrons. The number of anilines is 1. The van der Waals surface area contributed by atoms with Crippen molar-refractivity contribution in [2.75, 3.05) is 5.32 Å². The molecule has 2 atom stereocenters. The molecule has 4 nitrogen and oxygen atoms in total. The second-order valence-corrected chi connectivity index (χ2v) is 5.74. The normalized spacial score (nSPS) is 24.9. The Labute approximate surface area is 115 Å². The number of carbonyl (C=O) groups excluding carboxylic acids is 1. The van der Waals surface area contributed by atoms with E-state index in [1.54, 1.807) is 6.07 Å². The van der Waals surface area contributed by atoms with Crippen molar-refractivity contribution >= 4 is 29.2 Å². The highest BCUT2D eigenvalue weighted by molar-refractivity contribution is 6.33. The van der Waals surface area contributed by atoms with Crippen molar-refractivity contribution in [3.05, 3.63) is 28.8 Å². The van der Waals surface area contributed by atoms with Crippen LogP contribution in [0.1, 0.15) is 29.6 Å². The minimum absolute atomic E-state index is 0.0241. The molecule has 3 rings (SSSR count). The Morgan fingerprint density at radius 3 is 2.63 bits per heavy atom. The second-order valence-electron chi connectivity index (χ2n) is 5.33. The molecule has 2 aliphatic carbocycles. The van der Waals surface area contributed by atoms with E-state index in [-0.39, 0.29) is 22.4 Å². The first kappa shape index (κ1) is 12.5. The Morgan fingerprint density at radius 1 is 1.32 bits per heavy atom. The molecular weight excluding hydrogens is 266 g/mol. The zero-order chi connectivity index (χ0) is 13.6. The van der Waals surface area contributed by atoms with Crippen LogP contribution in [-0.4, -0.2) is 17.0 Å². The minimum Gasteiger partial charge on any atom is -0.478 e. The average molecular weight is 280 g/mol. The Hall–Kier alpha value is -1.55. The van der Waals surface area contributed by atoms with Gasteiger partial charge >= 0.3 is 5.97 Å². The van der Waals surface area contributed by atoms with Crippen LogP contribution >= 0.6 is 11.6 Å². The monoisotopic (exact) mass is 279 g/mol. The molecule has 2 fully saturated rings. The number of hydrogen-bond donors (Lipinski definition) is 2. The predicted octanol–water partition coefficient (Wildman–Crippen LogP) is 3.02. The lowest BCUT2D eigenvalue weighted by atomic mass is 10.2. The first-order valence-corrected chi connectivity index (χ1v) is 6.78. The molecule has 2 saturated carbocycles. The third kappa shape index (κ3) is 2.59. The van der Waals surface area contributed by atoms with Crippen LogP contribution in [0.2, 0.25) is 5.02 Å². The van der Waals surface area contributed by atoms with Crippen LogP contribution in [0.25, 0.3) is 0 Å².